The lowest BCUT2D eigenvalue weighted by Gasteiger charge is -2.30. The summed E-state index contributed by atoms with van der Waals surface area (Å²) in [6.45, 7) is 4.11. The molecule has 30 heavy (non-hydrogen) atoms. The first kappa shape index (κ1) is 20.3. The van der Waals surface area contributed by atoms with Crippen molar-refractivity contribution in [2.75, 3.05) is 0 Å². The van der Waals surface area contributed by atoms with Crippen molar-refractivity contribution in [2.24, 2.45) is 11.8 Å². The van der Waals surface area contributed by atoms with E-state index in [1.165, 1.54) is 17.7 Å². The van der Waals surface area contributed by atoms with E-state index >= 15 is 0 Å². The van der Waals surface area contributed by atoms with Crippen molar-refractivity contribution in [3.63, 3.8) is 0 Å². The van der Waals surface area contributed by atoms with Gasteiger partial charge in [-0.3, -0.25) is 9.59 Å². The van der Waals surface area contributed by atoms with Gasteiger partial charge in [-0.15, -0.1) is 0 Å². The molecule has 2 aromatic carbocycles. The smallest absolute Gasteiger partial charge is 0.166 e. The molecule has 0 bridgehead atoms. The number of rotatable bonds is 5. The van der Waals surface area contributed by atoms with Crippen LogP contribution in [0.4, 0.5) is 4.39 Å². The molecule has 0 radical (unpaired) electrons. The number of fused-ring (bicyclic) bond motifs is 1. The standard InChI is InChI=1S/C26H26FNO2/c1-17-6-9-24-20(12-17)7-8-22(26(24)30)14-21-10-11-28(16-25(21)18(2)29)15-19-4-3-5-23(27)13-19/h3-6,9-13,16,21-22H,7-8,14-15H2,1-2H3. The molecule has 1 heterocycles. The molecule has 0 saturated heterocycles. The van der Waals surface area contributed by atoms with Gasteiger partial charge in [0.05, 0.1) is 0 Å². The van der Waals surface area contributed by atoms with Gasteiger partial charge in [0.1, 0.15) is 5.82 Å². The average Bonchev–Trinajstić information content (AvgIpc) is 2.71. The number of benzene rings is 2. The van der Waals surface area contributed by atoms with Crippen LogP contribution in [0.5, 0.6) is 0 Å². The minimum Gasteiger partial charge on any atom is -0.350 e. The summed E-state index contributed by atoms with van der Waals surface area (Å²) in [4.78, 5) is 27.3. The molecule has 0 fully saturated rings. The first-order valence-electron chi connectivity index (χ1n) is 10.5. The number of Topliss-reactive ketones (excluding diaryl/α,β-unsaturated/α-hetero) is 2. The number of hydrogen-bond acceptors (Lipinski definition) is 3. The third kappa shape index (κ3) is 4.28. The van der Waals surface area contributed by atoms with Gasteiger partial charge in [0.2, 0.25) is 0 Å². The van der Waals surface area contributed by atoms with Gasteiger partial charge >= 0.3 is 0 Å². The van der Waals surface area contributed by atoms with Crippen LogP contribution in [0.25, 0.3) is 0 Å². The monoisotopic (exact) mass is 403 g/mol. The number of allylic oxidation sites excluding steroid dienone is 2. The second-order valence-electron chi connectivity index (χ2n) is 8.39. The molecule has 2 unspecified atom stereocenters. The zero-order valence-corrected chi connectivity index (χ0v) is 17.4. The van der Waals surface area contributed by atoms with Crippen LogP contribution in [0.2, 0.25) is 0 Å². The van der Waals surface area contributed by atoms with Crippen LogP contribution in [0, 0.1) is 24.6 Å². The van der Waals surface area contributed by atoms with E-state index in [2.05, 4.69) is 6.07 Å². The number of ketones is 2. The Balaban J connectivity index is 1.49. The van der Waals surface area contributed by atoms with Gasteiger partial charge in [0.15, 0.2) is 11.6 Å². The Kier molecular flexibility index (Phi) is 5.67. The highest BCUT2D eigenvalue weighted by Gasteiger charge is 2.31. The Bertz CT molecular complexity index is 1050. The fourth-order valence-electron chi connectivity index (χ4n) is 4.52. The first-order valence-corrected chi connectivity index (χ1v) is 10.5. The van der Waals surface area contributed by atoms with Gasteiger partial charge in [-0.1, -0.05) is 42.0 Å². The van der Waals surface area contributed by atoms with Crippen LogP contribution in [-0.4, -0.2) is 16.5 Å². The highest BCUT2D eigenvalue weighted by molar-refractivity contribution is 6.00. The average molecular weight is 403 g/mol. The number of aryl methyl sites for hydroxylation is 2. The van der Waals surface area contributed by atoms with Gasteiger partial charge in [0.25, 0.3) is 0 Å². The summed E-state index contributed by atoms with van der Waals surface area (Å²) in [6, 6.07) is 12.5. The second kappa shape index (κ2) is 8.39. The van der Waals surface area contributed by atoms with E-state index in [9.17, 15) is 14.0 Å². The maximum Gasteiger partial charge on any atom is 0.166 e. The summed E-state index contributed by atoms with van der Waals surface area (Å²) in [5.41, 5.74) is 4.69. The minimum absolute atomic E-state index is 0.00729. The highest BCUT2D eigenvalue weighted by atomic mass is 19.1. The summed E-state index contributed by atoms with van der Waals surface area (Å²) in [5.74, 6) is -0.226. The molecule has 0 N–H and O–H groups in total. The molecule has 1 aliphatic carbocycles. The Morgan fingerprint density at radius 3 is 2.80 bits per heavy atom. The Labute approximate surface area is 176 Å². The molecule has 4 rings (SSSR count). The molecule has 0 aromatic heterocycles. The molecule has 0 amide bonds. The third-order valence-electron chi connectivity index (χ3n) is 6.07. The van der Waals surface area contributed by atoms with E-state index in [-0.39, 0.29) is 29.2 Å². The van der Waals surface area contributed by atoms with Crippen molar-refractivity contribution in [3.8, 4) is 0 Å². The topological polar surface area (TPSA) is 37.4 Å². The van der Waals surface area contributed by atoms with Crippen LogP contribution in [0.15, 0.2) is 66.5 Å². The number of carbonyl (C=O) groups excluding carboxylic acids is 2. The molecule has 2 aliphatic rings. The molecular weight excluding hydrogens is 377 g/mol. The largest absolute Gasteiger partial charge is 0.350 e. The molecular formula is C26H26FNO2. The van der Waals surface area contributed by atoms with Crippen LogP contribution < -0.4 is 0 Å². The second-order valence-corrected chi connectivity index (χ2v) is 8.39. The molecule has 0 spiro atoms. The highest BCUT2D eigenvalue weighted by Crippen LogP contribution is 2.34. The summed E-state index contributed by atoms with van der Waals surface area (Å²) in [6.07, 6.45) is 8.15. The van der Waals surface area contributed by atoms with Crippen LogP contribution >= 0.6 is 0 Å². The number of halogens is 1. The van der Waals surface area contributed by atoms with Crippen molar-refractivity contribution >= 4 is 11.6 Å². The fraction of sp³-hybridized carbons (Fsp3) is 0.308. The fourth-order valence-corrected chi connectivity index (χ4v) is 4.52. The number of nitrogens with zero attached hydrogens (tertiary/aromatic N) is 1. The van der Waals surface area contributed by atoms with Crippen LogP contribution in [0.1, 0.15) is 46.8 Å². The van der Waals surface area contributed by atoms with Gasteiger partial charge in [-0.05, 0) is 56.4 Å². The van der Waals surface area contributed by atoms with Crippen molar-refractivity contribution < 1.29 is 14.0 Å². The predicted octanol–water partition coefficient (Wildman–Crippen LogP) is 5.39. The molecule has 4 heteroatoms. The van der Waals surface area contributed by atoms with Crippen molar-refractivity contribution in [2.45, 2.75) is 39.7 Å². The van der Waals surface area contributed by atoms with E-state index in [0.717, 1.165) is 29.5 Å². The minimum atomic E-state index is -0.270. The molecule has 2 aromatic rings. The Morgan fingerprint density at radius 2 is 2.03 bits per heavy atom. The lowest BCUT2D eigenvalue weighted by atomic mass is 9.76. The SMILES string of the molecule is CC(=O)C1=CN(Cc2cccc(F)c2)C=CC1CC1CCc2cc(C)ccc2C1=O. The third-order valence-corrected chi connectivity index (χ3v) is 6.07. The summed E-state index contributed by atoms with van der Waals surface area (Å²) in [7, 11) is 0. The van der Waals surface area contributed by atoms with Crippen molar-refractivity contribution in [1.29, 1.82) is 0 Å². The van der Waals surface area contributed by atoms with Crippen LogP contribution in [0.3, 0.4) is 0 Å². The first-order chi connectivity index (χ1) is 14.4. The summed E-state index contributed by atoms with van der Waals surface area (Å²) in [5, 5.41) is 0. The van der Waals surface area contributed by atoms with E-state index < -0.39 is 0 Å². The summed E-state index contributed by atoms with van der Waals surface area (Å²) >= 11 is 0. The number of carbonyl (C=O) groups is 2. The van der Waals surface area contributed by atoms with E-state index in [1.54, 1.807) is 13.0 Å². The predicted molar refractivity (Wildman–Crippen MR) is 115 cm³/mol. The lowest BCUT2D eigenvalue weighted by molar-refractivity contribution is -0.114. The van der Waals surface area contributed by atoms with Gasteiger partial charge in [-0.25, -0.2) is 4.39 Å². The molecule has 154 valence electrons. The summed E-state index contributed by atoms with van der Waals surface area (Å²) < 4.78 is 13.5. The van der Waals surface area contributed by atoms with Gasteiger partial charge in [-0.2, -0.15) is 0 Å². The van der Waals surface area contributed by atoms with E-state index in [4.69, 9.17) is 0 Å². The maximum absolute atomic E-state index is 13.5. The van der Waals surface area contributed by atoms with Crippen LogP contribution in [-0.2, 0) is 17.8 Å². The van der Waals surface area contributed by atoms with E-state index in [0.29, 0.717) is 18.5 Å². The quantitative estimate of drug-likeness (QED) is 0.672. The Morgan fingerprint density at radius 1 is 1.20 bits per heavy atom. The Hall–Kier alpha value is -3.01. The lowest BCUT2D eigenvalue weighted by Crippen LogP contribution is -2.28. The van der Waals surface area contributed by atoms with Crippen molar-refractivity contribution in [3.05, 3.63) is 94.6 Å². The van der Waals surface area contributed by atoms with Crippen molar-refractivity contribution in [1.82, 2.24) is 4.90 Å². The normalized spacial score (nSPS) is 20.7. The zero-order valence-electron chi connectivity index (χ0n) is 17.4. The molecule has 3 nitrogen and oxygen atoms in total. The molecule has 0 saturated carbocycles. The van der Waals surface area contributed by atoms with E-state index in [1.807, 2.05) is 48.5 Å². The maximum atomic E-state index is 13.5. The molecule has 1 aliphatic heterocycles. The molecule has 2 atom stereocenters. The zero-order chi connectivity index (χ0) is 21.3. The van der Waals surface area contributed by atoms with Gasteiger partial charge in [0, 0.05) is 41.9 Å². The number of hydrogen-bond donors (Lipinski definition) is 0. The van der Waals surface area contributed by atoms with Gasteiger partial charge < -0.3 is 4.90 Å².